The maximum Gasteiger partial charge on any atom is 0.246 e. The van der Waals surface area contributed by atoms with Crippen molar-refractivity contribution in [3.8, 4) is 11.1 Å². The molecule has 268 valence electrons. The summed E-state index contributed by atoms with van der Waals surface area (Å²) in [6.07, 6.45) is 9.33. The van der Waals surface area contributed by atoms with Gasteiger partial charge in [-0.1, -0.05) is 105 Å². The van der Waals surface area contributed by atoms with Gasteiger partial charge in [0.1, 0.15) is 12.1 Å². The van der Waals surface area contributed by atoms with Gasteiger partial charge in [0.05, 0.1) is 0 Å². The largest absolute Gasteiger partial charge is 0.354 e. The average molecular weight is 680 g/mol. The molecular formula is C42H57N5O3. The SMILES string of the molecule is CCC(N)(CC)CC=CC(=O)N(C)[C@H](Cc1ccc(-c2ccccc2)cc1)C(=O)N(C)[C@H](Cc1ccccc1)C(=O)NCCC1CCCN1C. The molecule has 0 spiro atoms. The average Bonchev–Trinajstić information content (AvgIpc) is 3.56. The summed E-state index contributed by atoms with van der Waals surface area (Å²) < 4.78 is 0. The van der Waals surface area contributed by atoms with E-state index in [1.54, 1.807) is 19.0 Å². The Labute approximate surface area is 299 Å². The fourth-order valence-corrected chi connectivity index (χ4v) is 6.74. The van der Waals surface area contributed by atoms with Gasteiger partial charge in [0.25, 0.3) is 0 Å². The standard InChI is InChI=1S/C42H57N5O3/c1-6-42(43,7-2)27-14-21-39(48)46(4)38(31-33-22-24-35(25-23-33)34-18-12-9-13-19-34)41(50)47(5)37(30-32-16-10-8-11-17-32)40(49)44-28-26-36-20-15-29-45(36)3/h8-14,16-19,21-25,36-38H,6-7,15,20,26-31,43H2,1-5H3,(H,44,49)/t36?,37-,38-/m1/s1. The van der Waals surface area contributed by atoms with Gasteiger partial charge >= 0.3 is 0 Å². The highest BCUT2D eigenvalue weighted by Crippen LogP contribution is 2.22. The maximum absolute atomic E-state index is 14.6. The number of carbonyl (C=O) groups excluding carboxylic acids is 3. The minimum Gasteiger partial charge on any atom is -0.354 e. The van der Waals surface area contributed by atoms with Crippen LogP contribution in [-0.2, 0) is 27.2 Å². The third-order valence-corrected chi connectivity index (χ3v) is 10.6. The van der Waals surface area contributed by atoms with Gasteiger partial charge in [-0.15, -0.1) is 0 Å². The van der Waals surface area contributed by atoms with Crippen molar-refractivity contribution in [1.29, 1.82) is 0 Å². The Hall–Kier alpha value is -4.27. The summed E-state index contributed by atoms with van der Waals surface area (Å²) in [5, 5.41) is 3.14. The quantitative estimate of drug-likeness (QED) is 0.174. The van der Waals surface area contributed by atoms with Crippen molar-refractivity contribution < 1.29 is 14.4 Å². The number of rotatable bonds is 17. The molecule has 3 N–H and O–H groups in total. The highest BCUT2D eigenvalue weighted by Gasteiger charge is 2.35. The van der Waals surface area contributed by atoms with Crippen molar-refractivity contribution in [2.75, 3.05) is 34.2 Å². The molecule has 0 saturated carbocycles. The van der Waals surface area contributed by atoms with Crippen molar-refractivity contribution in [1.82, 2.24) is 20.0 Å². The third kappa shape index (κ3) is 10.6. The molecule has 1 aliphatic rings. The summed E-state index contributed by atoms with van der Waals surface area (Å²) in [4.78, 5) is 47.5. The Morgan fingerprint density at radius 2 is 1.44 bits per heavy atom. The fraction of sp³-hybridized carbons (Fsp3) is 0.452. The lowest BCUT2D eigenvalue weighted by molar-refractivity contribution is -0.146. The molecule has 1 heterocycles. The van der Waals surface area contributed by atoms with Gasteiger partial charge in [-0.25, -0.2) is 0 Å². The molecule has 0 aliphatic carbocycles. The van der Waals surface area contributed by atoms with E-state index < -0.39 is 12.1 Å². The second-order valence-electron chi connectivity index (χ2n) is 13.9. The fourth-order valence-electron chi connectivity index (χ4n) is 6.74. The summed E-state index contributed by atoms with van der Waals surface area (Å²) in [5.74, 6) is -0.760. The molecule has 1 unspecified atom stereocenters. The highest BCUT2D eigenvalue weighted by atomic mass is 16.2. The molecular weight excluding hydrogens is 622 g/mol. The van der Waals surface area contributed by atoms with Crippen LogP contribution in [0.15, 0.2) is 97.1 Å². The predicted molar refractivity (Wildman–Crippen MR) is 203 cm³/mol. The number of likely N-dealkylation sites (tertiary alicyclic amines) is 1. The predicted octanol–water partition coefficient (Wildman–Crippen LogP) is 5.86. The Balaban J connectivity index is 1.58. The van der Waals surface area contributed by atoms with E-state index in [-0.39, 0.29) is 23.3 Å². The summed E-state index contributed by atoms with van der Waals surface area (Å²) in [6, 6.07) is 26.9. The van der Waals surface area contributed by atoms with E-state index in [2.05, 4.69) is 29.4 Å². The van der Waals surface area contributed by atoms with Crippen molar-refractivity contribution in [2.45, 2.75) is 88.9 Å². The Morgan fingerprint density at radius 1 is 0.860 bits per heavy atom. The zero-order valence-electron chi connectivity index (χ0n) is 30.7. The topological polar surface area (TPSA) is 99.0 Å². The monoisotopic (exact) mass is 679 g/mol. The molecule has 0 radical (unpaired) electrons. The van der Waals surface area contributed by atoms with Gasteiger partial charge in [-0.2, -0.15) is 0 Å². The van der Waals surface area contributed by atoms with Crippen LogP contribution in [0, 0.1) is 0 Å². The molecule has 0 aromatic heterocycles. The molecule has 3 aromatic rings. The van der Waals surface area contributed by atoms with Gasteiger partial charge in [-0.05, 0) is 80.4 Å². The third-order valence-electron chi connectivity index (χ3n) is 10.6. The zero-order valence-corrected chi connectivity index (χ0v) is 30.7. The van der Waals surface area contributed by atoms with E-state index in [0.29, 0.717) is 31.8 Å². The second-order valence-corrected chi connectivity index (χ2v) is 13.9. The van der Waals surface area contributed by atoms with Crippen molar-refractivity contribution in [2.24, 2.45) is 5.73 Å². The summed E-state index contributed by atoms with van der Waals surface area (Å²) in [7, 11) is 5.48. The van der Waals surface area contributed by atoms with E-state index in [9.17, 15) is 14.4 Å². The number of amides is 3. The minimum atomic E-state index is -0.835. The lowest BCUT2D eigenvalue weighted by atomic mass is 9.90. The molecule has 1 aliphatic heterocycles. The summed E-state index contributed by atoms with van der Waals surface area (Å²) in [5.41, 5.74) is 10.2. The van der Waals surface area contributed by atoms with Crippen LogP contribution in [0.5, 0.6) is 0 Å². The highest BCUT2D eigenvalue weighted by molar-refractivity contribution is 5.95. The first-order valence-electron chi connectivity index (χ1n) is 18.2. The number of nitrogens with one attached hydrogen (secondary N) is 1. The van der Waals surface area contributed by atoms with Gasteiger partial charge in [0, 0.05) is 45.1 Å². The summed E-state index contributed by atoms with van der Waals surface area (Å²) >= 11 is 0. The van der Waals surface area contributed by atoms with Crippen LogP contribution in [0.25, 0.3) is 11.1 Å². The molecule has 0 bridgehead atoms. The first-order valence-corrected chi connectivity index (χ1v) is 18.2. The van der Waals surface area contributed by atoms with Gasteiger partial charge in [0.2, 0.25) is 17.7 Å². The van der Waals surface area contributed by atoms with Crippen LogP contribution in [0.4, 0.5) is 0 Å². The van der Waals surface area contributed by atoms with Crippen LogP contribution in [0.3, 0.4) is 0 Å². The van der Waals surface area contributed by atoms with Crippen molar-refractivity contribution in [3.63, 3.8) is 0 Å². The number of hydrogen-bond acceptors (Lipinski definition) is 5. The van der Waals surface area contributed by atoms with Crippen molar-refractivity contribution in [3.05, 3.63) is 108 Å². The number of nitrogens with zero attached hydrogens (tertiary/aromatic N) is 3. The van der Waals surface area contributed by atoms with Gasteiger partial charge in [-0.3, -0.25) is 14.4 Å². The lowest BCUT2D eigenvalue weighted by Gasteiger charge is -2.34. The van der Waals surface area contributed by atoms with Crippen LogP contribution < -0.4 is 11.1 Å². The number of carbonyl (C=O) groups is 3. The van der Waals surface area contributed by atoms with Gasteiger partial charge < -0.3 is 25.8 Å². The Kier molecular flexibility index (Phi) is 14.4. The Bertz CT molecular complexity index is 1540. The zero-order chi connectivity index (χ0) is 36.1. The number of benzene rings is 3. The van der Waals surface area contributed by atoms with Crippen LogP contribution >= 0.6 is 0 Å². The molecule has 3 atom stereocenters. The van der Waals surface area contributed by atoms with E-state index >= 15 is 0 Å². The molecule has 1 saturated heterocycles. The molecule has 50 heavy (non-hydrogen) atoms. The molecule has 4 rings (SSSR count). The summed E-state index contributed by atoms with van der Waals surface area (Å²) in [6.45, 7) is 5.72. The molecule has 3 aromatic carbocycles. The normalized spacial score (nSPS) is 16.2. The molecule has 3 amide bonds. The van der Waals surface area contributed by atoms with E-state index in [1.807, 2.05) is 92.7 Å². The van der Waals surface area contributed by atoms with Crippen LogP contribution in [-0.4, -0.2) is 90.3 Å². The molecule has 8 heteroatoms. The number of likely N-dealkylation sites (N-methyl/N-ethyl adjacent to an activating group) is 2. The first-order chi connectivity index (χ1) is 24.0. The smallest absolute Gasteiger partial charge is 0.246 e. The van der Waals surface area contributed by atoms with E-state index in [0.717, 1.165) is 54.5 Å². The number of nitrogens with two attached hydrogens (primary N) is 1. The second kappa shape index (κ2) is 18.6. The van der Waals surface area contributed by atoms with Crippen molar-refractivity contribution >= 4 is 17.7 Å². The van der Waals surface area contributed by atoms with E-state index in [1.165, 1.54) is 17.4 Å². The van der Waals surface area contributed by atoms with E-state index in [4.69, 9.17) is 5.73 Å². The first kappa shape index (κ1) is 38.5. The van der Waals surface area contributed by atoms with Gasteiger partial charge in [0.15, 0.2) is 0 Å². The molecule has 8 nitrogen and oxygen atoms in total. The Morgan fingerprint density at radius 3 is 2.04 bits per heavy atom. The van der Waals surface area contributed by atoms with Crippen LogP contribution in [0.1, 0.15) is 63.5 Å². The lowest BCUT2D eigenvalue weighted by Crippen LogP contribution is -2.56. The number of hydrogen-bond donors (Lipinski definition) is 2. The molecule has 1 fully saturated rings. The van der Waals surface area contributed by atoms with Crippen LogP contribution in [0.2, 0.25) is 0 Å². The maximum atomic E-state index is 14.6. The minimum absolute atomic E-state index is 0.191.